The zero-order valence-corrected chi connectivity index (χ0v) is 15.7. The van der Waals surface area contributed by atoms with Crippen molar-refractivity contribution in [3.63, 3.8) is 0 Å². The maximum atomic E-state index is 13.2. The van der Waals surface area contributed by atoms with Gasteiger partial charge in [-0.15, -0.1) is 0 Å². The monoisotopic (exact) mass is 391 g/mol. The first kappa shape index (κ1) is 20.1. The first-order valence-electron chi connectivity index (χ1n) is 8.23. The molecule has 0 atom stereocenters. The molecule has 0 radical (unpaired) electrons. The van der Waals surface area contributed by atoms with Crippen molar-refractivity contribution in [3.8, 4) is 0 Å². The lowest BCUT2D eigenvalue weighted by atomic mass is 9.97. The molecule has 6 nitrogen and oxygen atoms in total. The smallest absolute Gasteiger partial charge is 0.243 e. The van der Waals surface area contributed by atoms with Crippen LogP contribution in [-0.2, 0) is 14.8 Å². The first-order valence-corrected chi connectivity index (χ1v) is 10.1. The number of nitrogens with zero attached hydrogens (tertiary/aromatic N) is 1. The van der Waals surface area contributed by atoms with Gasteiger partial charge in [0.1, 0.15) is 5.82 Å². The quantitative estimate of drug-likeness (QED) is 0.692. The van der Waals surface area contributed by atoms with Crippen LogP contribution >= 0.6 is 11.6 Å². The largest absolute Gasteiger partial charge is 0.356 e. The van der Waals surface area contributed by atoms with Crippen molar-refractivity contribution in [3.05, 3.63) is 29.0 Å². The van der Waals surface area contributed by atoms with Crippen molar-refractivity contribution in [1.29, 1.82) is 0 Å². The summed E-state index contributed by atoms with van der Waals surface area (Å²) in [6, 6.07) is 3.37. The van der Waals surface area contributed by atoms with Gasteiger partial charge < -0.3 is 10.6 Å². The highest BCUT2D eigenvalue weighted by Gasteiger charge is 2.32. The van der Waals surface area contributed by atoms with Gasteiger partial charge in [-0.05, 0) is 51.1 Å². The highest BCUT2D eigenvalue weighted by Crippen LogP contribution is 2.26. The van der Waals surface area contributed by atoms with Crippen molar-refractivity contribution in [2.45, 2.75) is 24.2 Å². The molecule has 2 N–H and O–H groups in total. The zero-order chi connectivity index (χ0) is 18.4. The predicted octanol–water partition coefficient (Wildman–Crippen LogP) is 1.61. The number of halogens is 2. The van der Waals surface area contributed by atoms with Crippen LogP contribution in [0.4, 0.5) is 4.39 Å². The van der Waals surface area contributed by atoms with Crippen LogP contribution in [0.25, 0.3) is 0 Å². The molecule has 0 aliphatic carbocycles. The van der Waals surface area contributed by atoms with Gasteiger partial charge >= 0.3 is 0 Å². The number of rotatable bonds is 7. The second kappa shape index (κ2) is 8.93. The molecular weight excluding hydrogens is 369 g/mol. The van der Waals surface area contributed by atoms with Crippen LogP contribution in [0.5, 0.6) is 0 Å². The third kappa shape index (κ3) is 5.13. The fourth-order valence-electron chi connectivity index (χ4n) is 2.77. The molecule has 0 aromatic heterocycles. The molecule has 0 bridgehead atoms. The molecule has 2 rings (SSSR count). The molecular formula is C16H23ClFN3O3S. The van der Waals surface area contributed by atoms with Gasteiger partial charge in [0.05, 0.1) is 9.92 Å². The summed E-state index contributed by atoms with van der Waals surface area (Å²) in [6.45, 7) is 1.95. The summed E-state index contributed by atoms with van der Waals surface area (Å²) in [5, 5.41) is 5.66. The molecule has 1 aliphatic rings. The molecule has 1 aromatic carbocycles. The predicted molar refractivity (Wildman–Crippen MR) is 94.4 cm³/mol. The van der Waals surface area contributed by atoms with E-state index in [1.165, 1.54) is 10.4 Å². The maximum Gasteiger partial charge on any atom is 0.243 e. The number of amides is 1. The minimum atomic E-state index is -3.73. The lowest BCUT2D eigenvalue weighted by Crippen LogP contribution is -2.43. The summed E-state index contributed by atoms with van der Waals surface area (Å²) in [7, 11) is -1.88. The Morgan fingerprint density at radius 1 is 1.32 bits per heavy atom. The Labute approximate surface area is 152 Å². The number of benzene rings is 1. The second-order valence-electron chi connectivity index (χ2n) is 6.00. The zero-order valence-electron chi connectivity index (χ0n) is 14.1. The highest BCUT2D eigenvalue weighted by molar-refractivity contribution is 7.89. The third-order valence-corrected chi connectivity index (χ3v) is 6.44. The van der Waals surface area contributed by atoms with Crippen molar-refractivity contribution in [1.82, 2.24) is 14.9 Å². The molecule has 9 heteroatoms. The van der Waals surface area contributed by atoms with Crippen LogP contribution in [0.1, 0.15) is 19.3 Å². The minimum Gasteiger partial charge on any atom is -0.356 e. The SMILES string of the molecule is CNCCCNC(=O)C1CCN(S(=O)(=O)c2ccc(F)c(Cl)c2)CC1. The van der Waals surface area contributed by atoms with Crippen LogP contribution in [-0.4, -0.2) is 51.9 Å². The van der Waals surface area contributed by atoms with Gasteiger partial charge in [0.25, 0.3) is 0 Å². The summed E-state index contributed by atoms with van der Waals surface area (Å²) in [6.07, 6.45) is 1.78. The van der Waals surface area contributed by atoms with E-state index in [9.17, 15) is 17.6 Å². The Hall–Kier alpha value is -1.22. The Morgan fingerprint density at radius 2 is 2.00 bits per heavy atom. The van der Waals surface area contributed by atoms with Crippen LogP contribution in [0.2, 0.25) is 5.02 Å². The maximum absolute atomic E-state index is 13.2. The highest BCUT2D eigenvalue weighted by atomic mass is 35.5. The Balaban J connectivity index is 1.92. The van der Waals surface area contributed by atoms with E-state index in [2.05, 4.69) is 10.6 Å². The normalized spacial score (nSPS) is 16.8. The van der Waals surface area contributed by atoms with Crippen LogP contribution < -0.4 is 10.6 Å². The average molecular weight is 392 g/mol. The molecule has 140 valence electrons. The lowest BCUT2D eigenvalue weighted by molar-refractivity contribution is -0.126. The van der Waals surface area contributed by atoms with E-state index in [4.69, 9.17) is 11.6 Å². The van der Waals surface area contributed by atoms with Gasteiger partial charge in [-0.3, -0.25) is 4.79 Å². The van der Waals surface area contributed by atoms with Crippen LogP contribution in [0, 0.1) is 11.7 Å². The van der Waals surface area contributed by atoms with Crippen molar-refractivity contribution in [2.24, 2.45) is 5.92 Å². The Kier molecular flexibility index (Phi) is 7.18. The molecule has 0 spiro atoms. The van der Waals surface area contributed by atoms with Crippen LogP contribution in [0.15, 0.2) is 23.1 Å². The molecule has 1 heterocycles. The number of carbonyl (C=O) groups is 1. The molecule has 1 aromatic rings. The number of nitrogens with one attached hydrogen (secondary N) is 2. The van der Waals surface area contributed by atoms with Gasteiger partial charge in [-0.2, -0.15) is 4.31 Å². The molecule has 25 heavy (non-hydrogen) atoms. The lowest BCUT2D eigenvalue weighted by Gasteiger charge is -2.30. The number of carbonyl (C=O) groups excluding carboxylic acids is 1. The van der Waals surface area contributed by atoms with Crippen LogP contribution in [0.3, 0.4) is 0 Å². The van der Waals surface area contributed by atoms with Crippen molar-refractivity contribution >= 4 is 27.5 Å². The summed E-state index contributed by atoms with van der Waals surface area (Å²) < 4.78 is 39.8. The van der Waals surface area contributed by atoms with Gasteiger partial charge in [-0.25, -0.2) is 12.8 Å². The van der Waals surface area contributed by atoms with E-state index in [-0.39, 0.29) is 34.8 Å². The van der Waals surface area contributed by atoms with Crippen molar-refractivity contribution < 1.29 is 17.6 Å². The van der Waals surface area contributed by atoms with Gasteiger partial charge in [0, 0.05) is 25.6 Å². The standard InChI is InChI=1S/C16H23ClFN3O3S/c1-19-7-2-8-20-16(22)12-5-9-21(10-6-12)25(23,24)13-3-4-15(18)14(17)11-13/h3-4,11-12,19H,2,5-10H2,1H3,(H,20,22). The van der Waals surface area contributed by atoms with E-state index < -0.39 is 15.8 Å². The Bertz CT molecular complexity index is 707. The van der Waals surface area contributed by atoms with E-state index in [0.29, 0.717) is 19.4 Å². The Morgan fingerprint density at radius 3 is 2.60 bits per heavy atom. The number of hydrogen-bond donors (Lipinski definition) is 2. The first-order chi connectivity index (χ1) is 11.9. The summed E-state index contributed by atoms with van der Waals surface area (Å²) in [5.41, 5.74) is 0. The van der Waals surface area contributed by atoms with Gasteiger partial charge in [0.15, 0.2) is 0 Å². The average Bonchev–Trinajstić information content (AvgIpc) is 2.61. The topological polar surface area (TPSA) is 78.5 Å². The van der Waals surface area contributed by atoms with Gasteiger partial charge in [-0.1, -0.05) is 11.6 Å². The van der Waals surface area contributed by atoms with E-state index in [1.54, 1.807) is 0 Å². The van der Waals surface area contributed by atoms with Gasteiger partial charge in [0.2, 0.25) is 15.9 Å². The van der Waals surface area contributed by atoms with E-state index in [1.807, 2.05) is 7.05 Å². The molecule has 1 fully saturated rings. The summed E-state index contributed by atoms with van der Waals surface area (Å²) in [5.74, 6) is -0.870. The number of hydrogen-bond acceptors (Lipinski definition) is 4. The fraction of sp³-hybridized carbons (Fsp3) is 0.562. The molecule has 1 amide bonds. The fourth-order valence-corrected chi connectivity index (χ4v) is 4.51. The molecule has 0 unspecified atom stereocenters. The minimum absolute atomic E-state index is 0.0297. The molecule has 0 saturated carbocycles. The summed E-state index contributed by atoms with van der Waals surface area (Å²) in [4.78, 5) is 12.1. The molecule has 1 aliphatic heterocycles. The third-order valence-electron chi connectivity index (χ3n) is 4.26. The summed E-state index contributed by atoms with van der Waals surface area (Å²) >= 11 is 5.68. The number of sulfonamides is 1. The van der Waals surface area contributed by atoms with Crippen molar-refractivity contribution in [2.75, 3.05) is 33.2 Å². The van der Waals surface area contributed by atoms with E-state index >= 15 is 0 Å². The second-order valence-corrected chi connectivity index (χ2v) is 8.35. The van der Waals surface area contributed by atoms with E-state index in [0.717, 1.165) is 25.1 Å². The number of piperidine rings is 1. The molecule has 1 saturated heterocycles.